The first-order valence-electron chi connectivity index (χ1n) is 7.06. The molecule has 2 atom stereocenters. The molecule has 0 saturated heterocycles. The van der Waals surface area contributed by atoms with Gasteiger partial charge in [-0.25, -0.2) is 0 Å². The number of thioether (sulfide) groups is 1. The lowest BCUT2D eigenvalue weighted by molar-refractivity contribution is -0.146. The summed E-state index contributed by atoms with van der Waals surface area (Å²) in [7, 11) is 0. The van der Waals surface area contributed by atoms with E-state index >= 15 is 0 Å². The topological polar surface area (TPSA) is 26.3 Å². The van der Waals surface area contributed by atoms with Gasteiger partial charge in [0.15, 0.2) is 0 Å². The summed E-state index contributed by atoms with van der Waals surface area (Å²) in [4.78, 5) is 12.5. The predicted octanol–water partition coefficient (Wildman–Crippen LogP) is 4.68. The van der Waals surface area contributed by atoms with Crippen molar-refractivity contribution in [2.45, 2.75) is 62.7 Å². The Kier molecular flexibility index (Phi) is 7.65. The summed E-state index contributed by atoms with van der Waals surface area (Å²) in [6.07, 6.45) is 4.16. The standard InChI is InChI=1S/C16H24O2S/c1-4-9-15(18-13(3)17)16(10-5-2)19-14-11-7-6-8-12-14/h6-8,11-12,15-16H,4-5,9-10H2,1-3H3/t15-,16+/m1/s1. The third-order valence-electron chi connectivity index (χ3n) is 2.91. The lowest BCUT2D eigenvalue weighted by Crippen LogP contribution is -2.28. The van der Waals surface area contributed by atoms with E-state index < -0.39 is 0 Å². The molecule has 0 heterocycles. The highest BCUT2D eigenvalue weighted by Gasteiger charge is 2.23. The summed E-state index contributed by atoms with van der Waals surface area (Å²) in [5, 5.41) is 0.344. The van der Waals surface area contributed by atoms with E-state index in [1.807, 2.05) is 30.0 Å². The normalized spacial score (nSPS) is 13.8. The maximum absolute atomic E-state index is 11.3. The van der Waals surface area contributed by atoms with Gasteiger partial charge in [0.05, 0.1) is 0 Å². The first-order valence-corrected chi connectivity index (χ1v) is 7.94. The van der Waals surface area contributed by atoms with E-state index in [0.29, 0.717) is 5.25 Å². The molecule has 3 heteroatoms. The van der Waals surface area contributed by atoms with Crippen molar-refractivity contribution in [1.29, 1.82) is 0 Å². The molecule has 1 rings (SSSR count). The molecule has 0 saturated carbocycles. The van der Waals surface area contributed by atoms with E-state index in [2.05, 4.69) is 26.0 Å². The smallest absolute Gasteiger partial charge is 0.302 e. The molecule has 0 unspecified atom stereocenters. The first-order chi connectivity index (χ1) is 9.17. The van der Waals surface area contributed by atoms with E-state index in [0.717, 1.165) is 25.7 Å². The minimum atomic E-state index is -0.173. The number of hydrogen-bond donors (Lipinski definition) is 0. The molecule has 1 aromatic carbocycles. The first kappa shape index (κ1) is 16.1. The Morgan fingerprint density at radius 1 is 1.16 bits per heavy atom. The van der Waals surface area contributed by atoms with Gasteiger partial charge in [0, 0.05) is 17.1 Å². The maximum Gasteiger partial charge on any atom is 0.302 e. The summed E-state index contributed by atoms with van der Waals surface area (Å²) in [5.41, 5.74) is 0. The quantitative estimate of drug-likeness (QED) is 0.511. The van der Waals surface area contributed by atoms with Gasteiger partial charge in [0.1, 0.15) is 6.10 Å². The second kappa shape index (κ2) is 9.03. The molecule has 0 aromatic heterocycles. The highest BCUT2D eigenvalue weighted by molar-refractivity contribution is 8.00. The van der Waals surface area contributed by atoms with E-state index in [-0.39, 0.29) is 12.1 Å². The number of rotatable bonds is 8. The van der Waals surface area contributed by atoms with Crippen LogP contribution in [0.2, 0.25) is 0 Å². The lowest BCUT2D eigenvalue weighted by Gasteiger charge is -2.26. The number of hydrogen-bond acceptors (Lipinski definition) is 3. The van der Waals surface area contributed by atoms with Crippen LogP contribution in [0.25, 0.3) is 0 Å². The van der Waals surface area contributed by atoms with Gasteiger partial charge in [-0.15, -0.1) is 11.8 Å². The fourth-order valence-electron chi connectivity index (χ4n) is 2.10. The summed E-state index contributed by atoms with van der Waals surface area (Å²) in [6.45, 7) is 5.81. The zero-order valence-electron chi connectivity index (χ0n) is 12.1. The van der Waals surface area contributed by atoms with Gasteiger partial charge in [-0.1, -0.05) is 44.9 Å². The zero-order chi connectivity index (χ0) is 14.1. The molecular formula is C16H24O2S. The maximum atomic E-state index is 11.3. The van der Waals surface area contributed by atoms with Crippen LogP contribution >= 0.6 is 11.8 Å². The van der Waals surface area contributed by atoms with Crippen LogP contribution in [0.3, 0.4) is 0 Å². The van der Waals surface area contributed by atoms with Crippen molar-refractivity contribution in [2.75, 3.05) is 0 Å². The second-order valence-corrected chi connectivity index (χ2v) is 6.01. The van der Waals surface area contributed by atoms with Gasteiger partial charge in [-0.05, 0) is 25.0 Å². The number of ether oxygens (including phenoxy) is 1. The molecule has 106 valence electrons. The Bertz CT molecular complexity index is 364. The van der Waals surface area contributed by atoms with Crippen LogP contribution in [-0.4, -0.2) is 17.3 Å². The van der Waals surface area contributed by atoms with Crippen LogP contribution in [0, 0.1) is 0 Å². The fraction of sp³-hybridized carbons (Fsp3) is 0.562. The van der Waals surface area contributed by atoms with Gasteiger partial charge in [0.2, 0.25) is 0 Å². The minimum Gasteiger partial charge on any atom is -0.461 e. The fourth-order valence-corrected chi connectivity index (χ4v) is 3.46. The average Bonchev–Trinajstić information content (AvgIpc) is 2.38. The number of carbonyl (C=O) groups is 1. The predicted molar refractivity (Wildman–Crippen MR) is 81.5 cm³/mol. The molecule has 0 bridgehead atoms. The molecule has 0 aliphatic rings. The molecule has 2 nitrogen and oxygen atoms in total. The SMILES string of the molecule is CCC[C@H](Sc1ccccc1)[C@@H](CCC)OC(C)=O. The van der Waals surface area contributed by atoms with Crippen molar-refractivity contribution in [1.82, 2.24) is 0 Å². The van der Waals surface area contributed by atoms with Crippen molar-refractivity contribution < 1.29 is 9.53 Å². The Labute approximate surface area is 120 Å². The summed E-state index contributed by atoms with van der Waals surface area (Å²) >= 11 is 1.83. The molecule has 0 N–H and O–H groups in total. The Hall–Kier alpha value is -0.960. The zero-order valence-corrected chi connectivity index (χ0v) is 12.9. The highest BCUT2D eigenvalue weighted by Crippen LogP contribution is 2.31. The molecule has 0 aliphatic carbocycles. The van der Waals surface area contributed by atoms with Crippen molar-refractivity contribution >= 4 is 17.7 Å². The summed E-state index contributed by atoms with van der Waals surface area (Å²) in [6, 6.07) is 10.3. The van der Waals surface area contributed by atoms with Crippen LogP contribution in [0.4, 0.5) is 0 Å². The van der Waals surface area contributed by atoms with E-state index in [1.54, 1.807) is 0 Å². The summed E-state index contributed by atoms with van der Waals surface area (Å²) in [5.74, 6) is -0.173. The van der Waals surface area contributed by atoms with Gasteiger partial charge in [-0.2, -0.15) is 0 Å². The second-order valence-electron chi connectivity index (χ2n) is 4.69. The highest BCUT2D eigenvalue weighted by atomic mass is 32.2. The van der Waals surface area contributed by atoms with Crippen LogP contribution < -0.4 is 0 Å². The van der Waals surface area contributed by atoms with Gasteiger partial charge < -0.3 is 4.74 Å². The molecule has 0 fully saturated rings. The van der Waals surface area contributed by atoms with E-state index in [4.69, 9.17) is 4.74 Å². The van der Waals surface area contributed by atoms with Crippen molar-refractivity contribution in [3.63, 3.8) is 0 Å². The Morgan fingerprint density at radius 3 is 2.32 bits per heavy atom. The van der Waals surface area contributed by atoms with Gasteiger partial charge in [-0.3, -0.25) is 4.79 Å². The van der Waals surface area contributed by atoms with E-state index in [1.165, 1.54) is 11.8 Å². The minimum absolute atomic E-state index is 0.0210. The third kappa shape index (κ3) is 6.15. The van der Waals surface area contributed by atoms with Crippen molar-refractivity contribution in [2.24, 2.45) is 0 Å². The van der Waals surface area contributed by atoms with Crippen LogP contribution in [0.5, 0.6) is 0 Å². The number of benzene rings is 1. The molecule has 0 radical (unpaired) electrons. The summed E-state index contributed by atoms with van der Waals surface area (Å²) < 4.78 is 5.52. The molecule has 1 aromatic rings. The average molecular weight is 280 g/mol. The van der Waals surface area contributed by atoms with Crippen LogP contribution in [0.15, 0.2) is 35.2 Å². The molecular weight excluding hydrogens is 256 g/mol. The molecule has 0 aliphatic heterocycles. The molecule has 19 heavy (non-hydrogen) atoms. The van der Waals surface area contributed by atoms with Crippen molar-refractivity contribution in [3.05, 3.63) is 30.3 Å². The number of carbonyl (C=O) groups excluding carboxylic acids is 1. The van der Waals surface area contributed by atoms with Gasteiger partial charge in [0.25, 0.3) is 0 Å². The molecule has 0 amide bonds. The Morgan fingerprint density at radius 2 is 1.79 bits per heavy atom. The largest absolute Gasteiger partial charge is 0.461 e. The van der Waals surface area contributed by atoms with Gasteiger partial charge >= 0.3 is 5.97 Å². The molecule has 0 spiro atoms. The van der Waals surface area contributed by atoms with Crippen LogP contribution in [-0.2, 0) is 9.53 Å². The number of esters is 1. The third-order valence-corrected chi connectivity index (χ3v) is 4.30. The van der Waals surface area contributed by atoms with Crippen LogP contribution in [0.1, 0.15) is 46.5 Å². The van der Waals surface area contributed by atoms with Crippen molar-refractivity contribution in [3.8, 4) is 0 Å². The Balaban J connectivity index is 2.74. The monoisotopic (exact) mass is 280 g/mol. The van der Waals surface area contributed by atoms with E-state index in [9.17, 15) is 4.79 Å². The lowest BCUT2D eigenvalue weighted by atomic mass is 10.1.